The van der Waals surface area contributed by atoms with Crippen molar-refractivity contribution in [2.45, 2.75) is 51.4 Å². The molecule has 4 nitrogen and oxygen atoms in total. The first-order chi connectivity index (χ1) is 64.8. The third-order valence-corrected chi connectivity index (χ3v) is 28.9. The summed E-state index contributed by atoms with van der Waals surface area (Å²) in [6.45, 7) is 9.58. The molecule has 0 saturated carbocycles. The lowest BCUT2D eigenvalue weighted by Crippen LogP contribution is -2.18. The number of hydrogen-bond donors (Lipinski definition) is 0. The number of anilines is 12. The Kier molecular flexibility index (Phi) is 19.7. The van der Waals surface area contributed by atoms with Crippen molar-refractivity contribution in [2.75, 3.05) is 26.8 Å². The van der Waals surface area contributed by atoms with Crippen LogP contribution in [-0.4, -0.2) is 7.15 Å². The molecule has 0 saturated heterocycles. The van der Waals surface area contributed by atoms with Gasteiger partial charge in [0.05, 0.1) is 19.9 Å². The topological polar surface area (TPSA) is 13.0 Å². The van der Waals surface area contributed by atoms with Gasteiger partial charge in [-0.15, -0.1) is 0 Å². The van der Waals surface area contributed by atoms with Crippen LogP contribution in [0.3, 0.4) is 0 Å². The maximum absolute atomic E-state index is 9.96. The predicted octanol–water partition coefficient (Wildman–Crippen LogP) is 35.0. The Hall–Kier alpha value is -15.5. The SMILES string of the molecule is CC1(C)c2cc(N(c3ccc(-c4ccccc4)cc3)c3ccc4c(c3)C(Br)=C(c3cccc5ccccc35)C4)ccc2-c2ccc(N(c3ccccc3)c3cccc4ccccc34)cc21.CC1(C)c2cc(N(c3ccc(-c4ccccc4)cc3)c3ccc4c(c3)C3=C(C4)c4cccc5cccc3c45)ccc2-c2ccc(N(c3ccccc3)c3cccc4ccccc34)cc21.[2H]CF. The van der Waals surface area contributed by atoms with Crippen molar-refractivity contribution in [3.63, 3.8) is 0 Å². The van der Waals surface area contributed by atoms with E-state index in [1.54, 1.807) is 0 Å². The summed E-state index contributed by atoms with van der Waals surface area (Å²) in [4.78, 5) is 9.75. The van der Waals surface area contributed by atoms with Crippen LogP contribution in [0.2, 0.25) is 0 Å². The van der Waals surface area contributed by atoms with Crippen LogP contribution in [-0.2, 0) is 23.7 Å². The molecule has 0 N–H and O–H groups in total. The van der Waals surface area contributed by atoms with E-state index in [0.29, 0.717) is 0 Å². The van der Waals surface area contributed by atoms with Crippen molar-refractivity contribution in [3.8, 4) is 44.5 Å². The zero-order valence-corrected chi connectivity index (χ0v) is 74.9. The molecule has 0 aromatic heterocycles. The molecule has 0 unspecified atom stereocenters. The molecule has 6 heteroatoms. The van der Waals surface area contributed by atoms with Gasteiger partial charge in [0, 0.05) is 83.0 Å². The summed E-state index contributed by atoms with van der Waals surface area (Å²) in [6.07, 6.45) is 1.84. The molecule has 0 atom stereocenters. The van der Waals surface area contributed by atoms with Gasteiger partial charge in [-0.2, -0.15) is 0 Å². The minimum atomic E-state index is -1.00. The average molecular weight is 1750 g/mol. The number of fused-ring (bicyclic) bond motifs is 14. The minimum absolute atomic E-state index is 0.257. The highest BCUT2D eigenvalue weighted by Crippen LogP contribution is 2.58. The van der Waals surface area contributed by atoms with Gasteiger partial charge in [-0.3, -0.25) is 4.39 Å². The standard InChI is InChI=1S/C62H45BrN2.C62H44N2.CH3F/c1-62(2)58-39-49(33-35-54(58)55-36-34-50(40-59(55)62)65(46-21-7-4-8-22-46)60-26-14-20-44-18-10-12-24-52(44)60)64(47-30-27-42(28-31-47)41-15-5-3-6-16-41)48-32-29-45-37-57(61(63)56(45)38-48)53-25-13-19-43-17-9-11-23-51(43)53;1-62(2)57-38-48(32-34-51(57)52-35-33-49(39-58(52)62)64(45-20-7-4-8-21-45)59-25-13-17-42-16-9-10-22-50(42)59)63(46-29-26-41(27-30-46)40-14-5-3-6-15-40)47-31-28-44-36-56-53-23-11-18-43-19-12-24-54(60(43)53)61(56)55(44)37-47;1-2/h3-36,38-40H,37H2,1-2H3;3-35,37-39H,36H2,1-2H3;1H3/i;;1D. The Bertz CT molecular complexity index is 8000. The quantitative estimate of drug-likeness (QED) is 0.101. The van der Waals surface area contributed by atoms with Crippen LogP contribution < -0.4 is 19.6 Å². The van der Waals surface area contributed by atoms with Crippen LogP contribution in [0.15, 0.2) is 443 Å². The fourth-order valence-corrected chi connectivity index (χ4v) is 22.3. The molecule has 0 fully saturated rings. The number of hydrogen-bond acceptors (Lipinski definition) is 4. The Labute approximate surface area is 775 Å². The number of nitrogens with zero attached hydrogens (tertiary/aromatic N) is 4. The fourth-order valence-electron chi connectivity index (χ4n) is 21.6. The van der Waals surface area contributed by atoms with Crippen LogP contribution in [0.1, 0.15) is 90.3 Å². The van der Waals surface area contributed by atoms with Crippen molar-refractivity contribution in [1.29, 1.82) is 0 Å². The van der Waals surface area contributed by atoms with Gasteiger partial charge in [-0.05, 0) is 317 Å². The number of halogens is 2. The van der Waals surface area contributed by atoms with Gasteiger partial charge in [0.15, 0.2) is 0 Å². The molecule has 0 aliphatic heterocycles. The second-order valence-corrected chi connectivity index (χ2v) is 36.7. The monoisotopic (exact) mass is 1750 g/mol. The first-order valence-electron chi connectivity index (χ1n) is 45.9. The van der Waals surface area contributed by atoms with Gasteiger partial charge < -0.3 is 19.6 Å². The molecule has 5 aliphatic rings. The van der Waals surface area contributed by atoms with Crippen LogP contribution in [0.25, 0.3) is 109 Å². The summed E-state index contributed by atoms with van der Waals surface area (Å²) in [5.41, 5.74) is 42.1. The number of allylic oxidation sites excluding steroid dienone is 2. The molecule has 20 aromatic carbocycles. The highest BCUT2D eigenvalue weighted by atomic mass is 79.9. The Balaban J connectivity index is 0.000000145. The molecule has 20 aromatic rings. The van der Waals surface area contributed by atoms with Crippen LogP contribution in [0.5, 0.6) is 0 Å². The van der Waals surface area contributed by atoms with Crippen LogP contribution in [0, 0.1) is 0 Å². The lowest BCUT2D eigenvalue weighted by Gasteiger charge is -2.30. The second kappa shape index (κ2) is 32.7. The fraction of sp³-hybridized carbons (Fsp3) is 0.0720. The summed E-state index contributed by atoms with van der Waals surface area (Å²) in [7, 11) is -1.00. The molecule has 0 spiro atoms. The first-order valence-corrected chi connectivity index (χ1v) is 46.0. The van der Waals surface area contributed by atoms with Gasteiger partial charge in [-0.25, -0.2) is 0 Å². The van der Waals surface area contributed by atoms with Crippen molar-refractivity contribution < 1.29 is 5.76 Å². The zero-order chi connectivity index (χ0) is 88.9. The Morgan fingerprint density at radius 1 is 0.244 bits per heavy atom. The molecule has 5 aliphatic carbocycles. The predicted molar refractivity (Wildman–Crippen MR) is 557 cm³/mol. The molecule has 25 rings (SSSR count). The van der Waals surface area contributed by atoms with Crippen molar-refractivity contribution in [3.05, 3.63) is 504 Å². The van der Waals surface area contributed by atoms with Gasteiger partial charge >= 0.3 is 0 Å². The van der Waals surface area contributed by atoms with E-state index < -0.39 is 7.15 Å². The Morgan fingerprint density at radius 3 is 1.00 bits per heavy atom. The maximum Gasteiger partial charge on any atom is 0.0785 e. The zero-order valence-electron chi connectivity index (χ0n) is 74.3. The second-order valence-electron chi connectivity index (χ2n) is 35.9. The highest BCUT2D eigenvalue weighted by molar-refractivity contribution is 9.15. The van der Waals surface area contributed by atoms with Gasteiger partial charge in [-0.1, -0.05) is 337 Å². The number of alkyl halides is 1. The average Bonchev–Trinajstić information content (AvgIpc) is 1.54. The summed E-state index contributed by atoms with van der Waals surface area (Å²) in [5, 5.41) is 10.2. The molecule has 626 valence electrons. The van der Waals surface area contributed by atoms with Crippen LogP contribution in [0.4, 0.5) is 72.6 Å². The van der Waals surface area contributed by atoms with E-state index in [0.717, 1.165) is 69.7 Å². The maximum atomic E-state index is 9.96. The molecule has 131 heavy (non-hydrogen) atoms. The first kappa shape index (κ1) is 79.0. The molecule has 0 bridgehead atoms. The van der Waals surface area contributed by atoms with E-state index in [-0.39, 0.29) is 10.8 Å². The van der Waals surface area contributed by atoms with E-state index in [4.69, 9.17) is 1.37 Å². The van der Waals surface area contributed by atoms with E-state index in [9.17, 15) is 4.39 Å². The number of para-hydroxylation sites is 2. The van der Waals surface area contributed by atoms with E-state index in [1.807, 2.05) is 0 Å². The molecule has 0 heterocycles. The minimum Gasteiger partial charge on any atom is -0.310 e. The smallest absolute Gasteiger partial charge is 0.0785 e. The van der Waals surface area contributed by atoms with Gasteiger partial charge in [0.2, 0.25) is 0 Å². The number of benzene rings is 20. The third-order valence-electron chi connectivity index (χ3n) is 28.0. The van der Waals surface area contributed by atoms with Crippen molar-refractivity contribution in [1.82, 2.24) is 0 Å². The summed E-state index contributed by atoms with van der Waals surface area (Å²) in [6, 6.07) is 163. The van der Waals surface area contributed by atoms with E-state index >= 15 is 0 Å². The van der Waals surface area contributed by atoms with E-state index in [1.165, 1.54) is 181 Å². The summed E-state index contributed by atoms with van der Waals surface area (Å²) >= 11 is 4.14. The molecule has 0 amide bonds. The summed E-state index contributed by atoms with van der Waals surface area (Å²) < 4.78 is 16.7. The van der Waals surface area contributed by atoms with Crippen molar-refractivity contribution >= 4 is 148 Å². The number of rotatable bonds is 15. The molecule has 0 radical (unpaired) electrons. The molecular formula is C125H92BrFN4. The highest BCUT2D eigenvalue weighted by Gasteiger charge is 2.41. The van der Waals surface area contributed by atoms with Crippen molar-refractivity contribution in [2.24, 2.45) is 0 Å². The third kappa shape index (κ3) is 13.7. The summed E-state index contributed by atoms with van der Waals surface area (Å²) in [5.74, 6) is 0. The lowest BCUT2D eigenvalue weighted by molar-refractivity contribution is 0.636. The van der Waals surface area contributed by atoms with Crippen LogP contribution >= 0.6 is 15.9 Å². The van der Waals surface area contributed by atoms with E-state index in [2.05, 4.69) is 506 Å². The Morgan fingerprint density at radius 2 is 0.550 bits per heavy atom. The lowest BCUT2D eigenvalue weighted by atomic mass is 9.82. The van der Waals surface area contributed by atoms with Gasteiger partial charge in [0.25, 0.3) is 0 Å². The normalized spacial score (nSPS) is 13.6. The molecular weight excluding hydrogens is 1660 g/mol. The largest absolute Gasteiger partial charge is 0.310 e. The van der Waals surface area contributed by atoms with Gasteiger partial charge in [0.1, 0.15) is 0 Å².